The first kappa shape index (κ1) is 12.4. The third kappa shape index (κ3) is 2.85. The zero-order valence-electron chi connectivity index (χ0n) is 9.84. The predicted octanol–water partition coefficient (Wildman–Crippen LogP) is 2.97. The van der Waals surface area contributed by atoms with Crippen LogP contribution >= 0.6 is 24.0 Å². The summed E-state index contributed by atoms with van der Waals surface area (Å²) < 4.78 is 15.4. The van der Waals surface area contributed by atoms with Crippen molar-refractivity contribution in [3.05, 3.63) is 52.9 Å². The van der Waals surface area contributed by atoms with Crippen molar-refractivity contribution in [1.29, 1.82) is 0 Å². The van der Waals surface area contributed by atoms with Gasteiger partial charge in [-0.15, -0.1) is 0 Å². The van der Waals surface area contributed by atoms with E-state index in [-0.39, 0.29) is 5.82 Å². The quantitative estimate of drug-likeness (QED) is 0.862. The molecular weight excluding hydrogens is 281 g/mol. The third-order valence-corrected chi connectivity index (χ3v) is 3.90. The van der Waals surface area contributed by atoms with Crippen LogP contribution < -0.4 is 5.32 Å². The Bertz CT molecular complexity index is 646. The normalized spacial score (nSPS) is 16.9. The van der Waals surface area contributed by atoms with Gasteiger partial charge in [0.1, 0.15) is 10.1 Å². The van der Waals surface area contributed by atoms with E-state index in [0.717, 1.165) is 22.1 Å². The summed E-state index contributed by atoms with van der Waals surface area (Å²) in [6.45, 7) is 0.769. The van der Waals surface area contributed by atoms with Crippen molar-refractivity contribution in [1.82, 2.24) is 15.1 Å². The maximum atomic E-state index is 12.9. The number of nitrogens with one attached hydrogen (secondary N) is 1. The van der Waals surface area contributed by atoms with Crippen LogP contribution in [-0.4, -0.2) is 20.6 Å². The van der Waals surface area contributed by atoms with Gasteiger partial charge in [0.2, 0.25) is 0 Å². The number of benzene rings is 1. The number of thiocarbonyl (C=S) groups is 1. The van der Waals surface area contributed by atoms with E-state index in [0.29, 0.717) is 0 Å². The summed E-state index contributed by atoms with van der Waals surface area (Å²) in [6, 6.07) is 6.23. The molecule has 0 unspecified atom stereocenters. The molecule has 19 heavy (non-hydrogen) atoms. The molecule has 0 spiro atoms. The fourth-order valence-electron chi connectivity index (χ4n) is 1.76. The molecule has 1 aliphatic heterocycles. The van der Waals surface area contributed by atoms with Crippen molar-refractivity contribution in [2.75, 3.05) is 6.54 Å². The Balaban J connectivity index is 1.83. The monoisotopic (exact) mass is 291 g/mol. The Morgan fingerprint density at radius 2 is 2.16 bits per heavy atom. The standard InChI is InChI=1S/C13H10FN3S2/c14-10-1-3-11(4-2-10)17-8-9(6-16-17)5-12-7-15-13(18)19-12/h1-6,8H,7H2,(H,15,18)/b12-5-. The number of hydrogen-bond donors (Lipinski definition) is 1. The van der Waals surface area contributed by atoms with Crippen LogP contribution in [0.2, 0.25) is 0 Å². The van der Waals surface area contributed by atoms with Gasteiger partial charge in [-0.25, -0.2) is 9.07 Å². The maximum Gasteiger partial charge on any atom is 0.138 e. The lowest BCUT2D eigenvalue weighted by Crippen LogP contribution is -2.09. The van der Waals surface area contributed by atoms with Crippen LogP contribution in [0.5, 0.6) is 0 Å². The third-order valence-electron chi connectivity index (χ3n) is 2.65. The molecule has 1 saturated heterocycles. The lowest BCUT2D eigenvalue weighted by Gasteiger charge is -1.99. The van der Waals surface area contributed by atoms with Crippen LogP contribution in [0.1, 0.15) is 5.56 Å². The van der Waals surface area contributed by atoms with Crippen molar-refractivity contribution < 1.29 is 4.39 Å². The summed E-state index contributed by atoms with van der Waals surface area (Å²) in [6.07, 6.45) is 5.73. The van der Waals surface area contributed by atoms with Gasteiger partial charge >= 0.3 is 0 Å². The number of halogens is 1. The molecule has 2 aromatic rings. The van der Waals surface area contributed by atoms with Crippen molar-refractivity contribution in [2.24, 2.45) is 0 Å². The topological polar surface area (TPSA) is 29.9 Å². The molecule has 0 atom stereocenters. The SMILES string of the molecule is Fc1ccc(-n2cc(/C=C3/CNC(=S)S3)cn2)cc1. The minimum atomic E-state index is -0.250. The first-order chi connectivity index (χ1) is 9.20. The summed E-state index contributed by atoms with van der Waals surface area (Å²) >= 11 is 6.62. The zero-order chi connectivity index (χ0) is 13.2. The first-order valence-corrected chi connectivity index (χ1v) is 6.90. The van der Waals surface area contributed by atoms with Gasteiger partial charge in [-0.2, -0.15) is 5.10 Å². The number of thioether (sulfide) groups is 1. The van der Waals surface area contributed by atoms with Gasteiger partial charge in [-0.1, -0.05) is 24.0 Å². The van der Waals surface area contributed by atoms with Gasteiger partial charge in [0.05, 0.1) is 11.9 Å². The first-order valence-electron chi connectivity index (χ1n) is 5.67. The molecule has 1 aliphatic rings. The van der Waals surface area contributed by atoms with E-state index in [1.807, 2.05) is 12.3 Å². The fraction of sp³-hybridized carbons (Fsp3) is 0.0769. The molecule has 3 rings (SSSR count). The second-order valence-electron chi connectivity index (χ2n) is 4.05. The molecule has 0 radical (unpaired) electrons. The highest BCUT2D eigenvalue weighted by molar-refractivity contribution is 8.26. The fourth-order valence-corrected chi connectivity index (χ4v) is 2.88. The Hall–Kier alpha value is -1.66. The van der Waals surface area contributed by atoms with Gasteiger partial charge in [0.15, 0.2) is 0 Å². The summed E-state index contributed by atoms with van der Waals surface area (Å²) in [4.78, 5) is 1.17. The molecule has 3 nitrogen and oxygen atoms in total. The molecule has 1 N–H and O–H groups in total. The second kappa shape index (κ2) is 5.14. The lowest BCUT2D eigenvalue weighted by molar-refractivity contribution is 0.627. The molecule has 2 heterocycles. The van der Waals surface area contributed by atoms with E-state index < -0.39 is 0 Å². The number of hydrogen-bond acceptors (Lipinski definition) is 3. The van der Waals surface area contributed by atoms with Crippen LogP contribution in [0.15, 0.2) is 41.6 Å². The molecular formula is C13H10FN3S2. The van der Waals surface area contributed by atoms with Gasteiger partial charge in [-0.05, 0) is 30.3 Å². The van der Waals surface area contributed by atoms with E-state index >= 15 is 0 Å². The summed E-state index contributed by atoms with van der Waals surface area (Å²) in [5.74, 6) is -0.250. The second-order valence-corrected chi connectivity index (χ2v) is 5.85. The molecule has 1 fully saturated rings. The summed E-state index contributed by atoms with van der Waals surface area (Å²) in [7, 11) is 0. The van der Waals surface area contributed by atoms with Crippen molar-refractivity contribution >= 4 is 34.4 Å². The van der Waals surface area contributed by atoms with Crippen LogP contribution in [0.4, 0.5) is 4.39 Å². The zero-order valence-corrected chi connectivity index (χ0v) is 11.5. The highest BCUT2D eigenvalue weighted by Gasteiger charge is 2.12. The van der Waals surface area contributed by atoms with Gasteiger partial charge in [-0.3, -0.25) is 0 Å². The van der Waals surface area contributed by atoms with Crippen LogP contribution in [0.25, 0.3) is 11.8 Å². The Labute approximate surface area is 119 Å². The van der Waals surface area contributed by atoms with E-state index in [4.69, 9.17) is 12.2 Å². The Morgan fingerprint density at radius 3 is 2.84 bits per heavy atom. The molecule has 6 heteroatoms. The highest BCUT2D eigenvalue weighted by atomic mass is 32.2. The van der Waals surface area contributed by atoms with Crippen molar-refractivity contribution in [3.63, 3.8) is 0 Å². The van der Waals surface area contributed by atoms with Crippen LogP contribution in [0.3, 0.4) is 0 Å². The molecule has 1 aromatic heterocycles. The Kier molecular flexibility index (Phi) is 3.35. The van der Waals surface area contributed by atoms with E-state index in [1.54, 1.807) is 34.8 Å². The van der Waals surface area contributed by atoms with Gasteiger partial charge in [0, 0.05) is 23.2 Å². The van der Waals surface area contributed by atoms with E-state index in [1.165, 1.54) is 17.0 Å². The van der Waals surface area contributed by atoms with Gasteiger partial charge < -0.3 is 5.32 Å². The molecule has 1 aromatic carbocycles. The van der Waals surface area contributed by atoms with E-state index in [2.05, 4.69) is 10.4 Å². The van der Waals surface area contributed by atoms with Crippen molar-refractivity contribution in [2.45, 2.75) is 0 Å². The average molecular weight is 291 g/mol. The smallest absolute Gasteiger partial charge is 0.138 e. The average Bonchev–Trinajstić information content (AvgIpc) is 3.00. The van der Waals surface area contributed by atoms with Crippen LogP contribution in [-0.2, 0) is 0 Å². The molecule has 0 saturated carbocycles. The maximum absolute atomic E-state index is 12.9. The van der Waals surface area contributed by atoms with Crippen molar-refractivity contribution in [3.8, 4) is 5.69 Å². The minimum absolute atomic E-state index is 0.250. The largest absolute Gasteiger partial charge is 0.366 e. The number of nitrogens with zero attached hydrogens (tertiary/aromatic N) is 2. The van der Waals surface area contributed by atoms with Crippen LogP contribution in [0, 0.1) is 5.82 Å². The number of rotatable bonds is 2. The lowest BCUT2D eigenvalue weighted by atomic mass is 10.3. The highest BCUT2D eigenvalue weighted by Crippen LogP contribution is 2.24. The summed E-state index contributed by atoms with van der Waals surface area (Å²) in [5.41, 5.74) is 1.83. The summed E-state index contributed by atoms with van der Waals surface area (Å²) in [5, 5.41) is 7.36. The molecule has 0 bridgehead atoms. The predicted molar refractivity (Wildman–Crippen MR) is 79.7 cm³/mol. The molecule has 0 aliphatic carbocycles. The molecule has 0 amide bonds. The minimum Gasteiger partial charge on any atom is -0.366 e. The van der Waals surface area contributed by atoms with E-state index in [9.17, 15) is 4.39 Å². The van der Waals surface area contributed by atoms with Gasteiger partial charge in [0.25, 0.3) is 0 Å². The Morgan fingerprint density at radius 1 is 1.37 bits per heavy atom. The number of aromatic nitrogens is 2. The molecule has 96 valence electrons.